The highest BCUT2D eigenvalue weighted by Crippen LogP contribution is 2.26. The molecule has 1 fully saturated rings. The largest absolute Gasteiger partial charge is 0.374 e. The number of ether oxygens (including phenoxy) is 1. The highest BCUT2D eigenvalue weighted by molar-refractivity contribution is 8.13. The number of rotatable bonds is 3. The molecule has 0 bridgehead atoms. The van der Waals surface area contributed by atoms with Crippen LogP contribution in [-0.4, -0.2) is 61.3 Å². The minimum absolute atomic E-state index is 0.303. The number of nitrogens with zero attached hydrogens (tertiary/aromatic N) is 2. The van der Waals surface area contributed by atoms with Gasteiger partial charge in [0.25, 0.3) is 0 Å². The Balaban J connectivity index is 1.73. The molecule has 1 N–H and O–H groups in total. The molecule has 0 radical (unpaired) electrons. The highest BCUT2D eigenvalue weighted by Gasteiger charge is 2.24. The zero-order valence-corrected chi connectivity index (χ0v) is 12.6. The van der Waals surface area contributed by atoms with Gasteiger partial charge in [-0.2, -0.15) is 0 Å². The second-order valence-corrected chi connectivity index (χ2v) is 6.81. The third-order valence-electron chi connectivity index (χ3n) is 3.40. The van der Waals surface area contributed by atoms with E-state index in [9.17, 15) is 0 Å². The van der Waals surface area contributed by atoms with E-state index in [0.717, 1.165) is 50.3 Å². The molecule has 0 aromatic rings. The normalized spacial score (nSPS) is 28.8. The summed E-state index contributed by atoms with van der Waals surface area (Å²) in [5.41, 5.74) is 0.343. The predicted molar refractivity (Wildman–Crippen MR) is 78.4 cm³/mol. The number of hydrogen-bond acceptors (Lipinski definition) is 5. The maximum absolute atomic E-state index is 5.77. The second kappa shape index (κ2) is 6.26. The molecule has 5 heteroatoms. The van der Waals surface area contributed by atoms with E-state index >= 15 is 0 Å². The van der Waals surface area contributed by atoms with E-state index in [-0.39, 0.29) is 0 Å². The van der Waals surface area contributed by atoms with Crippen molar-refractivity contribution in [2.45, 2.75) is 26.9 Å². The molecular weight excluding hydrogens is 246 g/mol. The quantitative estimate of drug-likeness (QED) is 0.842. The molecule has 0 amide bonds. The summed E-state index contributed by atoms with van der Waals surface area (Å²) in [5.74, 6) is 1.14. The van der Waals surface area contributed by atoms with Gasteiger partial charge in [-0.15, -0.1) is 0 Å². The van der Waals surface area contributed by atoms with Crippen molar-refractivity contribution in [3.05, 3.63) is 0 Å². The first-order valence-electron chi connectivity index (χ1n) is 6.84. The summed E-state index contributed by atoms with van der Waals surface area (Å²) in [7, 11) is 0. The Morgan fingerprint density at radius 2 is 2.39 bits per heavy atom. The summed E-state index contributed by atoms with van der Waals surface area (Å²) in [6, 6.07) is 0. The van der Waals surface area contributed by atoms with Gasteiger partial charge < -0.3 is 10.1 Å². The number of likely N-dealkylation sites (N-methyl/N-ethyl adjacent to an activating group) is 1. The summed E-state index contributed by atoms with van der Waals surface area (Å²) < 4.78 is 5.77. The first-order chi connectivity index (χ1) is 8.59. The third kappa shape index (κ3) is 4.14. The molecule has 2 heterocycles. The first-order valence-corrected chi connectivity index (χ1v) is 7.83. The van der Waals surface area contributed by atoms with Gasteiger partial charge in [0.15, 0.2) is 5.17 Å². The monoisotopic (exact) mass is 271 g/mol. The average Bonchev–Trinajstić information content (AvgIpc) is 2.38. The lowest BCUT2D eigenvalue weighted by molar-refractivity contribution is -0.0232. The Morgan fingerprint density at radius 1 is 1.56 bits per heavy atom. The summed E-state index contributed by atoms with van der Waals surface area (Å²) >= 11 is 1.84. The fourth-order valence-electron chi connectivity index (χ4n) is 2.14. The summed E-state index contributed by atoms with van der Waals surface area (Å²) in [6.07, 6.45) is 0.303. The molecule has 0 saturated carbocycles. The van der Waals surface area contributed by atoms with Crippen molar-refractivity contribution in [1.29, 1.82) is 0 Å². The lowest BCUT2D eigenvalue weighted by Crippen LogP contribution is -2.47. The van der Waals surface area contributed by atoms with Gasteiger partial charge in [-0.1, -0.05) is 32.5 Å². The van der Waals surface area contributed by atoms with Gasteiger partial charge in [0.2, 0.25) is 0 Å². The van der Waals surface area contributed by atoms with Crippen LogP contribution in [0, 0.1) is 5.41 Å². The second-order valence-electron chi connectivity index (χ2n) is 5.84. The Labute approximate surface area is 115 Å². The predicted octanol–water partition coefficient (Wildman–Crippen LogP) is 1.43. The van der Waals surface area contributed by atoms with E-state index in [2.05, 4.69) is 36.0 Å². The van der Waals surface area contributed by atoms with E-state index in [1.54, 1.807) is 0 Å². The van der Waals surface area contributed by atoms with Crippen LogP contribution in [0.25, 0.3) is 0 Å². The minimum atomic E-state index is 0.303. The van der Waals surface area contributed by atoms with Crippen LogP contribution in [0.1, 0.15) is 20.8 Å². The highest BCUT2D eigenvalue weighted by atomic mass is 32.2. The van der Waals surface area contributed by atoms with Crippen molar-refractivity contribution in [3.8, 4) is 0 Å². The molecule has 0 spiro atoms. The third-order valence-corrected chi connectivity index (χ3v) is 4.87. The molecule has 2 aliphatic rings. The Kier molecular flexibility index (Phi) is 4.92. The Bertz CT molecular complexity index is 307. The van der Waals surface area contributed by atoms with Crippen LogP contribution < -0.4 is 5.32 Å². The van der Waals surface area contributed by atoms with Gasteiger partial charge in [-0.3, -0.25) is 9.89 Å². The van der Waals surface area contributed by atoms with Crippen molar-refractivity contribution in [2.24, 2.45) is 10.4 Å². The van der Waals surface area contributed by atoms with Crippen LogP contribution >= 0.6 is 11.8 Å². The summed E-state index contributed by atoms with van der Waals surface area (Å²) in [6.45, 7) is 12.6. The molecule has 0 aliphatic carbocycles. The minimum Gasteiger partial charge on any atom is -0.374 e. The van der Waals surface area contributed by atoms with E-state index in [1.165, 1.54) is 0 Å². The zero-order valence-electron chi connectivity index (χ0n) is 11.7. The van der Waals surface area contributed by atoms with Gasteiger partial charge in [0.1, 0.15) is 0 Å². The molecule has 2 rings (SSSR count). The number of nitrogens with one attached hydrogen (secondary N) is 1. The van der Waals surface area contributed by atoms with Gasteiger partial charge in [0, 0.05) is 31.9 Å². The fourth-order valence-corrected chi connectivity index (χ4v) is 3.10. The molecule has 104 valence electrons. The van der Waals surface area contributed by atoms with Crippen LogP contribution in [0.3, 0.4) is 0 Å². The topological polar surface area (TPSA) is 36.9 Å². The number of morpholine rings is 1. The molecule has 2 aliphatic heterocycles. The maximum Gasteiger partial charge on any atom is 0.156 e. The number of amidine groups is 1. The van der Waals surface area contributed by atoms with Crippen molar-refractivity contribution in [3.63, 3.8) is 0 Å². The van der Waals surface area contributed by atoms with Crippen molar-refractivity contribution >= 4 is 16.9 Å². The average molecular weight is 271 g/mol. The smallest absolute Gasteiger partial charge is 0.156 e. The van der Waals surface area contributed by atoms with E-state index in [1.807, 2.05) is 11.8 Å². The molecule has 1 saturated heterocycles. The molecule has 0 aromatic heterocycles. The lowest BCUT2D eigenvalue weighted by atomic mass is 9.97. The molecule has 1 unspecified atom stereocenters. The molecular formula is C13H25N3OS. The molecule has 0 aromatic carbocycles. The van der Waals surface area contributed by atoms with Gasteiger partial charge >= 0.3 is 0 Å². The molecule has 4 nitrogen and oxygen atoms in total. The van der Waals surface area contributed by atoms with Crippen LogP contribution in [0.2, 0.25) is 0 Å². The van der Waals surface area contributed by atoms with Crippen LogP contribution in [-0.2, 0) is 4.74 Å². The summed E-state index contributed by atoms with van der Waals surface area (Å²) in [5, 5.41) is 4.52. The van der Waals surface area contributed by atoms with Gasteiger partial charge in [-0.05, 0) is 12.0 Å². The van der Waals surface area contributed by atoms with E-state index in [0.29, 0.717) is 11.5 Å². The molecule has 1 atom stereocenters. The number of aliphatic imine (C=N–C) groups is 1. The number of hydrogen-bond donors (Lipinski definition) is 1. The van der Waals surface area contributed by atoms with Crippen molar-refractivity contribution in [2.75, 3.05) is 45.1 Å². The van der Waals surface area contributed by atoms with Crippen molar-refractivity contribution < 1.29 is 4.74 Å². The van der Waals surface area contributed by atoms with E-state index in [4.69, 9.17) is 4.74 Å². The van der Waals surface area contributed by atoms with Crippen LogP contribution in [0.5, 0.6) is 0 Å². The zero-order chi connectivity index (χ0) is 13.0. The van der Waals surface area contributed by atoms with Crippen LogP contribution in [0.4, 0.5) is 0 Å². The Hall–Kier alpha value is -0.260. The van der Waals surface area contributed by atoms with Gasteiger partial charge in [-0.25, -0.2) is 0 Å². The SMILES string of the molecule is CCN1CCOC(CNC2=NCC(C)(C)CS2)C1. The van der Waals surface area contributed by atoms with Crippen molar-refractivity contribution in [1.82, 2.24) is 10.2 Å². The summed E-state index contributed by atoms with van der Waals surface area (Å²) in [4.78, 5) is 7.04. The van der Waals surface area contributed by atoms with E-state index < -0.39 is 0 Å². The number of thioether (sulfide) groups is 1. The first kappa shape index (κ1) is 14.2. The van der Waals surface area contributed by atoms with Gasteiger partial charge in [0.05, 0.1) is 12.7 Å². The fraction of sp³-hybridized carbons (Fsp3) is 0.923. The van der Waals surface area contributed by atoms with Crippen LogP contribution in [0.15, 0.2) is 4.99 Å². The Morgan fingerprint density at radius 3 is 3.06 bits per heavy atom. The standard InChI is InChI=1S/C13H25N3OS/c1-4-16-5-6-17-11(8-16)7-14-12-15-9-13(2,3)10-18-12/h11H,4-10H2,1-3H3,(H,14,15). The molecule has 18 heavy (non-hydrogen) atoms. The lowest BCUT2D eigenvalue weighted by Gasteiger charge is -2.33. The maximum atomic E-state index is 5.77.